The van der Waals surface area contributed by atoms with Gasteiger partial charge in [0.1, 0.15) is 17.8 Å². The molecule has 0 N–H and O–H groups in total. The Kier molecular flexibility index (Phi) is 4.62. The highest BCUT2D eigenvalue weighted by molar-refractivity contribution is 6.30. The predicted octanol–water partition coefficient (Wildman–Crippen LogP) is 3.81. The maximum Gasteiger partial charge on any atom is 0.179 e. The number of fused-ring (bicyclic) bond motifs is 1. The van der Waals surface area contributed by atoms with Crippen molar-refractivity contribution < 1.29 is 18.8 Å². The molecule has 0 radical (unpaired) electrons. The molecule has 3 atom stereocenters. The van der Waals surface area contributed by atoms with E-state index in [2.05, 4.69) is 0 Å². The number of hydrogen-bond donors (Lipinski definition) is 0. The Morgan fingerprint density at radius 2 is 1.96 bits per heavy atom. The lowest BCUT2D eigenvalue weighted by atomic mass is 9.87. The quantitative estimate of drug-likeness (QED) is 0.751. The van der Waals surface area contributed by atoms with Crippen LogP contribution < -0.4 is 0 Å². The molecule has 6 heteroatoms. The van der Waals surface area contributed by atoms with Crippen molar-refractivity contribution in [3.63, 3.8) is 0 Å². The van der Waals surface area contributed by atoms with Gasteiger partial charge in [-0.05, 0) is 47.4 Å². The van der Waals surface area contributed by atoms with Gasteiger partial charge in [-0.2, -0.15) is 5.06 Å². The summed E-state index contributed by atoms with van der Waals surface area (Å²) in [5, 5.41) is 1.86. The number of hydrogen-bond acceptors (Lipinski definition) is 4. The van der Waals surface area contributed by atoms with E-state index in [9.17, 15) is 14.0 Å². The molecular formula is C21H19ClFNO3. The van der Waals surface area contributed by atoms with Gasteiger partial charge in [-0.1, -0.05) is 30.7 Å². The summed E-state index contributed by atoms with van der Waals surface area (Å²) in [6.07, 6.45) is -0.0422. The van der Waals surface area contributed by atoms with E-state index in [1.807, 2.05) is 19.1 Å². The summed E-state index contributed by atoms with van der Waals surface area (Å²) in [5.41, 5.74) is 2.57. The molecule has 2 aromatic rings. The van der Waals surface area contributed by atoms with Crippen LogP contribution in [0.5, 0.6) is 0 Å². The Morgan fingerprint density at radius 3 is 2.63 bits per heavy atom. The number of hydroxylamine groups is 2. The van der Waals surface area contributed by atoms with Crippen LogP contribution in [0.2, 0.25) is 5.02 Å². The molecule has 0 spiro atoms. The summed E-state index contributed by atoms with van der Waals surface area (Å²) in [4.78, 5) is 31.4. The SMILES string of the molecule is CCc1ccc(-c2ccc(Cl)cc2F)cc1C1C(=O)C2CN(C)OC2C1=O. The molecule has 140 valence electrons. The number of halogens is 2. The van der Waals surface area contributed by atoms with E-state index in [4.69, 9.17) is 16.4 Å². The van der Waals surface area contributed by atoms with Crippen LogP contribution >= 0.6 is 11.6 Å². The molecule has 4 nitrogen and oxygen atoms in total. The average Bonchev–Trinajstić information content (AvgIpc) is 3.12. The molecule has 2 aliphatic rings. The number of benzene rings is 2. The minimum Gasteiger partial charge on any atom is -0.298 e. The predicted molar refractivity (Wildman–Crippen MR) is 100.0 cm³/mol. The van der Waals surface area contributed by atoms with E-state index in [-0.39, 0.29) is 11.6 Å². The molecule has 1 heterocycles. The third kappa shape index (κ3) is 3.00. The van der Waals surface area contributed by atoms with Crippen molar-refractivity contribution in [1.29, 1.82) is 0 Å². The van der Waals surface area contributed by atoms with E-state index < -0.39 is 23.8 Å². The Balaban J connectivity index is 1.79. The van der Waals surface area contributed by atoms with Crippen molar-refractivity contribution in [2.75, 3.05) is 13.6 Å². The van der Waals surface area contributed by atoms with Gasteiger partial charge in [0.05, 0.1) is 5.92 Å². The zero-order chi connectivity index (χ0) is 19.3. The Labute approximate surface area is 161 Å². The molecule has 2 aromatic carbocycles. The maximum atomic E-state index is 14.4. The van der Waals surface area contributed by atoms with Crippen molar-refractivity contribution in [1.82, 2.24) is 5.06 Å². The van der Waals surface area contributed by atoms with Crippen LogP contribution in [0.1, 0.15) is 24.0 Å². The molecular weight excluding hydrogens is 369 g/mol. The van der Waals surface area contributed by atoms with Crippen LogP contribution in [0.15, 0.2) is 36.4 Å². The van der Waals surface area contributed by atoms with Gasteiger partial charge >= 0.3 is 0 Å². The van der Waals surface area contributed by atoms with Gasteiger partial charge in [-0.25, -0.2) is 4.39 Å². The molecule has 1 saturated carbocycles. The van der Waals surface area contributed by atoms with E-state index in [0.29, 0.717) is 34.7 Å². The van der Waals surface area contributed by atoms with Crippen molar-refractivity contribution >= 4 is 23.2 Å². The highest BCUT2D eigenvalue weighted by Gasteiger charge is 2.55. The van der Waals surface area contributed by atoms with Gasteiger partial charge in [0.25, 0.3) is 0 Å². The fourth-order valence-corrected chi connectivity index (χ4v) is 4.23. The lowest BCUT2D eigenvalue weighted by Crippen LogP contribution is -2.25. The van der Waals surface area contributed by atoms with Crippen molar-refractivity contribution in [2.24, 2.45) is 5.92 Å². The number of aryl methyl sites for hydroxylation is 1. The van der Waals surface area contributed by atoms with E-state index in [1.165, 1.54) is 6.07 Å². The summed E-state index contributed by atoms with van der Waals surface area (Å²) in [6, 6.07) is 9.91. The summed E-state index contributed by atoms with van der Waals surface area (Å²) in [5.74, 6) is -2.05. The molecule has 2 fully saturated rings. The third-order valence-electron chi connectivity index (χ3n) is 5.41. The number of nitrogens with zero attached hydrogens (tertiary/aromatic N) is 1. The number of rotatable bonds is 3. The number of Topliss-reactive ketones (excluding diaryl/α,β-unsaturated/α-hetero) is 2. The van der Waals surface area contributed by atoms with Crippen molar-refractivity contribution in [3.05, 3.63) is 58.4 Å². The first-order valence-corrected chi connectivity index (χ1v) is 9.32. The molecule has 1 saturated heterocycles. The zero-order valence-corrected chi connectivity index (χ0v) is 15.8. The fourth-order valence-electron chi connectivity index (χ4n) is 4.07. The van der Waals surface area contributed by atoms with Crippen LogP contribution in [0, 0.1) is 11.7 Å². The Bertz CT molecular complexity index is 921. The number of carbonyl (C=O) groups is 2. The highest BCUT2D eigenvalue weighted by atomic mass is 35.5. The van der Waals surface area contributed by atoms with Crippen LogP contribution in [-0.4, -0.2) is 36.3 Å². The van der Waals surface area contributed by atoms with Crippen LogP contribution in [0.3, 0.4) is 0 Å². The van der Waals surface area contributed by atoms with E-state index in [0.717, 1.165) is 5.56 Å². The first-order chi connectivity index (χ1) is 12.9. The molecule has 0 amide bonds. The minimum absolute atomic E-state index is 0.113. The first kappa shape index (κ1) is 18.3. The third-order valence-corrected chi connectivity index (χ3v) is 5.64. The second-order valence-electron chi connectivity index (χ2n) is 7.07. The highest BCUT2D eigenvalue weighted by Crippen LogP contribution is 2.40. The summed E-state index contributed by atoms with van der Waals surface area (Å²) >= 11 is 5.84. The smallest absolute Gasteiger partial charge is 0.179 e. The van der Waals surface area contributed by atoms with Crippen molar-refractivity contribution in [3.8, 4) is 11.1 Å². The molecule has 4 rings (SSSR count). The topological polar surface area (TPSA) is 46.6 Å². The molecule has 27 heavy (non-hydrogen) atoms. The standard InChI is InChI=1S/C21H19ClFNO3/c1-3-11-4-5-12(14-7-6-13(22)9-17(14)23)8-15(11)18-19(25)16-10-24(2)27-21(16)20(18)26/h4-9,16,18,21H,3,10H2,1-2H3. The van der Waals surface area contributed by atoms with Gasteiger partial charge in [-0.3, -0.25) is 14.4 Å². The molecule has 0 aromatic heterocycles. The second-order valence-corrected chi connectivity index (χ2v) is 7.51. The largest absolute Gasteiger partial charge is 0.298 e. The summed E-state index contributed by atoms with van der Waals surface area (Å²) < 4.78 is 14.4. The van der Waals surface area contributed by atoms with Crippen molar-refractivity contribution in [2.45, 2.75) is 25.4 Å². The van der Waals surface area contributed by atoms with Gasteiger partial charge in [0.15, 0.2) is 11.6 Å². The minimum atomic E-state index is -0.848. The normalized spacial score (nSPS) is 25.3. The number of ketones is 2. The van der Waals surface area contributed by atoms with E-state index in [1.54, 1.807) is 30.3 Å². The monoisotopic (exact) mass is 387 g/mol. The lowest BCUT2D eigenvalue weighted by molar-refractivity contribution is -0.154. The average molecular weight is 388 g/mol. The first-order valence-electron chi connectivity index (χ1n) is 8.94. The Morgan fingerprint density at radius 1 is 1.19 bits per heavy atom. The molecule has 1 aliphatic carbocycles. The zero-order valence-electron chi connectivity index (χ0n) is 15.0. The molecule has 3 unspecified atom stereocenters. The summed E-state index contributed by atoms with van der Waals surface area (Å²) in [6.45, 7) is 2.38. The van der Waals surface area contributed by atoms with Gasteiger partial charge in [0.2, 0.25) is 0 Å². The van der Waals surface area contributed by atoms with Gasteiger partial charge in [-0.15, -0.1) is 0 Å². The van der Waals surface area contributed by atoms with Crippen LogP contribution in [0.4, 0.5) is 4.39 Å². The van der Waals surface area contributed by atoms with Crippen LogP contribution in [-0.2, 0) is 20.8 Å². The molecule has 0 bridgehead atoms. The second kappa shape index (κ2) is 6.82. The lowest BCUT2D eigenvalue weighted by Gasteiger charge is -2.17. The summed E-state index contributed by atoms with van der Waals surface area (Å²) in [7, 11) is 1.72. The number of carbonyl (C=O) groups excluding carboxylic acids is 2. The Hall–Kier alpha value is -2.08. The van der Waals surface area contributed by atoms with Crippen LogP contribution in [0.25, 0.3) is 11.1 Å². The van der Waals surface area contributed by atoms with E-state index >= 15 is 0 Å². The van der Waals surface area contributed by atoms with Gasteiger partial charge in [0, 0.05) is 24.2 Å². The van der Waals surface area contributed by atoms with Gasteiger partial charge < -0.3 is 0 Å². The maximum absolute atomic E-state index is 14.4. The fraction of sp³-hybridized carbons (Fsp3) is 0.333. The molecule has 1 aliphatic heterocycles.